The van der Waals surface area contributed by atoms with E-state index in [0.29, 0.717) is 0 Å². The van der Waals surface area contributed by atoms with Crippen LogP contribution < -0.4 is 4.90 Å². The van der Waals surface area contributed by atoms with Gasteiger partial charge < -0.3 is 0 Å². The van der Waals surface area contributed by atoms with Gasteiger partial charge in [-0.3, -0.25) is 9.59 Å². The molecular formula is C15H17NO2. The van der Waals surface area contributed by atoms with Gasteiger partial charge in [0.1, 0.15) is 0 Å². The number of aryl methyl sites for hydroxylation is 1. The topological polar surface area (TPSA) is 37.4 Å². The van der Waals surface area contributed by atoms with Crippen LogP contribution in [0.3, 0.4) is 0 Å². The third kappa shape index (κ3) is 1.57. The van der Waals surface area contributed by atoms with Gasteiger partial charge in [0.05, 0.1) is 17.5 Å². The van der Waals surface area contributed by atoms with Crippen LogP contribution in [0, 0.1) is 18.8 Å². The Morgan fingerprint density at radius 2 is 1.56 bits per heavy atom. The number of imide groups is 1. The summed E-state index contributed by atoms with van der Waals surface area (Å²) in [6, 6.07) is 7.61. The average Bonchev–Trinajstić information content (AvgIpc) is 2.64. The average molecular weight is 243 g/mol. The number of benzene rings is 1. The number of anilines is 1. The number of carbonyl (C=O) groups excluding carboxylic acids is 2. The quantitative estimate of drug-likeness (QED) is 0.711. The Kier molecular flexibility index (Phi) is 2.69. The summed E-state index contributed by atoms with van der Waals surface area (Å²) >= 11 is 0. The second-order valence-electron chi connectivity index (χ2n) is 5.30. The first-order valence-electron chi connectivity index (χ1n) is 6.63. The molecule has 1 aromatic rings. The maximum atomic E-state index is 12.4. The molecule has 3 rings (SSSR count). The van der Waals surface area contributed by atoms with E-state index in [-0.39, 0.29) is 23.7 Å². The lowest BCUT2D eigenvalue weighted by Gasteiger charge is -2.19. The molecule has 1 aromatic carbocycles. The van der Waals surface area contributed by atoms with Crippen molar-refractivity contribution in [3.8, 4) is 0 Å². The van der Waals surface area contributed by atoms with Crippen molar-refractivity contribution in [1.82, 2.24) is 0 Å². The Balaban J connectivity index is 2.00. The highest BCUT2D eigenvalue weighted by Gasteiger charge is 2.48. The highest BCUT2D eigenvalue weighted by molar-refractivity contribution is 6.22. The zero-order valence-electron chi connectivity index (χ0n) is 10.6. The fourth-order valence-electron chi connectivity index (χ4n) is 3.21. The van der Waals surface area contributed by atoms with Gasteiger partial charge in [-0.25, -0.2) is 4.90 Å². The van der Waals surface area contributed by atoms with E-state index < -0.39 is 0 Å². The van der Waals surface area contributed by atoms with Crippen LogP contribution in [0.2, 0.25) is 0 Å². The van der Waals surface area contributed by atoms with Crippen LogP contribution in [0.15, 0.2) is 24.3 Å². The van der Waals surface area contributed by atoms with E-state index in [0.717, 1.165) is 36.9 Å². The van der Waals surface area contributed by atoms with Crippen molar-refractivity contribution in [2.45, 2.75) is 32.6 Å². The van der Waals surface area contributed by atoms with E-state index in [1.807, 2.05) is 31.2 Å². The summed E-state index contributed by atoms with van der Waals surface area (Å²) in [6.07, 6.45) is 3.89. The van der Waals surface area contributed by atoms with Crippen LogP contribution in [0.25, 0.3) is 0 Å². The minimum absolute atomic E-state index is 0.0130. The normalized spacial score (nSPS) is 27.5. The van der Waals surface area contributed by atoms with Gasteiger partial charge in [-0.1, -0.05) is 31.0 Å². The molecule has 3 heteroatoms. The number of rotatable bonds is 1. The molecule has 0 aromatic heterocycles. The fourth-order valence-corrected chi connectivity index (χ4v) is 3.21. The van der Waals surface area contributed by atoms with Gasteiger partial charge in [0.25, 0.3) is 0 Å². The van der Waals surface area contributed by atoms with Crippen LogP contribution in [-0.4, -0.2) is 11.8 Å². The standard InChI is InChI=1S/C15H17NO2/c1-10-6-2-5-9-13(10)16-14(17)11-7-3-4-8-12(11)15(16)18/h2,5-6,9,11-12H,3-4,7-8H2,1H3. The van der Waals surface area contributed by atoms with E-state index in [1.165, 1.54) is 4.90 Å². The predicted octanol–water partition coefficient (Wildman–Crippen LogP) is 2.67. The molecule has 2 fully saturated rings. The minimum Gasteiger partial charge on any atom is -0.274 e. The van der Waals surface area contributed by atoms with Crippen LogP contribution in [0.5, 0.6) is 0 Å². The summed E-state index contributed by atoms with van der Waals surface area (Å²) in [5, 5.41) is 0. The maximum absolute atomic E-state index is 12.4. The summed E-state index contributed by atoms with van der Waals surface area (Å²) < 4.78 is 0. The third-order valence-corrected chi connectivity index (χ3v) is 4.20. The molecular weight excluding hydrogens is 226 g/mol. The van der Waals surface area contributed by atoms with Crippen molar-refractivity contribution in [3.05, 3.63) is 29.8 Å². The molecule has 0 bridgehead atoms. The Bertz CT molecular complexity index is 485. The first-order chi connectivity index (χ1) is 8.70. The number of fused-ring (bicyclic) bond motifs is 1. The number of amides is 2. The van der Waals surface area contributed by atoms with E-state index >= 15 is 0 Å². The molecule has 1 aliphatic heterocycles. The number of nitrogens with zero attached hydrogens (tertiary/aromatic N) is 1. The highest BCUT2D eigenvalue weighted by Crippen LogP contribution is 2.40. The van der Waals surface area contributed by atoms with Gasteiger partial charge in [0, 0.05) is 0 Å². The second-order valence-corrected chi connectivity index (χ2v) is 5.30. The first kappa shape index (κ1) is 11.5. The smallest absolute Gasteiger partial charge is 0.237 e. The Morgan fingerprint density at radius 1 is 1.00 bits per heavy atom. The molecule has 1 saturated heterocycles. The maximum Gasteiger partial charge on any atom is 0.237 e. The number of carbonyl (C=O) groups is 2. The van der Waals surface area contributed by atoms with Crippen molar-refractivity contribution in [1.29, 1.82) is 0 Å². The van der Waals surface area contributed by atoms with Gasteiger partial charge >= 0.3 is 0 Å². The van der Waals surface area contributed by atoms with Crippen molar-refractivity contribution in [3.63, 3.8) is 0 Å². The van der Waals surface area contributed by atoms with Crippen molar-refractivity contribution in [2.24, 2.45) is 11.8 Å². The molecule has 0 spiro atoms. The third-order valence-electron chi connectivity index (χ3n) is 4.20. The van der Waals surface area contributed by atoms with Crippen molar-refractivity contribution >= 4 is 17.5 Å². The molecule has 2 unspecified atom stereocenters. The largest absolute Gasteiger partial charge is 0.274 e. The van der Waals surface area contributed by atoms with Crippen LogP contribution in [0.4, 0.5) is 5.69 Å². The van der Waals surface area contributed by atoms with Gasteiger partial charge in [-0.15, -0.1) is 0 Å². The van der Waals surface area contributed by atoms with Crippen molar-refractivity contribution < 1.29 is 9.59 Å². The summed E-state index contributed by atoms with van der Waals surface area (Å²) in [4.78, 5) is 26.2. The van der Waals surface area contributed by atoms with Crippen LogP contribution in [0.1, 0.15) is 31.2 Å². The zero-order valence-corrected chi connectivity index (χ0v) is 10.6. The highest BCUT2D eigenvalue weighted by atomic mass is 16.2. The predicted molar refractivity (Wildman–Crippen MR) is 69.1 cm³/mol. The Hall–Kier alpha value is -1.64. The molecule has 1 saturated carbocycles. The monoisotopic (exact) mass is 243 g/mol. The summed E-state index contributed by atoms with van der Waals surface area (Å²) in [5.74, 6) is -0.102. The molecule has 94 valence electrons. The van der Waals surface area contributed by atoms with Crippen molar-refractivity contribution in [2.75, 3.05) is 4.90 Å². The van der Waals surface area contributed by atoms with Gasteiger partial charge in [0.2, 0.25) is 11.8 Å². The molecule has 3 nitrogen and oxygen atoms in total. The molecule has 0 N–H and O–H groups in total. The number of para-hydroxylation sites is 1. The minimum atomic E-state index is -0.0640. The molecule has 0 radical (unpaired) electrons. The van der Waals surface area contributed by atoms with E-state index in [4.69, 9.17) is 0 Å². The molecule has 2 amide bonds. The Labute approximate surface area is 107 Å². The zero-order chi connectivity index (χ0) is 12.7. The van der Waals surface area contributed by atoms with E-state index in [2.05, 4.69) is 0 Å². The second kappa shape index (κ2) is 4.23. The van der Waals surface area contributed by atoms with Gasteiger partial charge in [-0.2, -0.15) is 0 Å². The summed E-state index contributed by atoms with van der Waals surface area (Å²) in [5.41, 5.74) is 1.75. The number of hydrogen-bond acceptors (Lipinski definition) is 2. The lowest BCUT2D eigenvalue weighted by atomic mass is 9.81. The lowest BCUT2D eigenvalue weighted by Crippen LogP contribution is -2.31. The summed E-state index contributed by atoms with van der Waals surface area (Å²) in [6.45, 7) is 1.94. The first-order valence-corrected chi connectivity index (χ1v) is 6.63. The lowest BCUT2D eigenvalue weighted by molar-refractivity contribution is -0.122. The fraction of sp³-hybridized carbons (Fsp3) is 0.467. The van der Waals surface area contributed by atoms with E-state index in [9.17, 15) is 9.59 Å². The SMILES string of the molecule is Cc1ccccc1N1C(=O)C2CCCCC2C1=O. The van der Waals surface area contributed by atoms with Gasteiger partial charge in [0.15, 0.2) is 0 Å². The Morgan fingerprint density at radius 3 is 2.11 bits per heavy atom. The van der Waals surface area contributed by atoms with Crippen LogP contribution >= 0.6 is 0 Å². The number of hydrogen-bond donors (Lipinski definition) is 0. The molecule has 2 aliphatic rings. The molecule has 1 heterocycles. The molecule has 2 atom stereocenters. The summed E-state index contributed by atoms with van der Waals surface area (Å²) in [7, 11) is 0. The van der Waals surface area contributed by atoms with Crippen LogP contribution in [-0.2, 0) is 9.59 Å². The van der Waals surface area contributed by atoms with Gasteiger partial charge in [-0.05, 0) is 31.4 Å². The molecule has 18 heavy (non-hydrogen) atoms. The molecule has 1 aliphatic carbocycles. The van der Waals surface area contributed by atoms with E-state index in [1.54, 1.807) is 0 Å².